The van der Waals surface area contributed by atoms with Gasteiger partial charge in [-0.3, -0.25) is 0 Å². The summed E-state index contributed by atoms with van der Waals surface area (Å²) in [6.07, 6.45) is 2.08. The zero-order valence-corrected chi connectivity index (χ0v) is 10.7. The van der Waals surface area contributed by atoms with Crippen LogP contribution in [0.15, 0.2) is 0 Å². The Morgan fingerprint density at radius 1 is 1.27 bits per heavy atom. The number of hydrogen-bond donors (Lipinski definition) is 1. The van der Waals surface area contributed by atoms with Crippen molar-refractivity contribution in [2.75, 3.05) is 13.1 Å². The lowest BCUT2D eigenvalue weighted by atomic mass is 9.80. The Morgan fingerprint density at radius 2 is 1.87 bits per heavy atom. The number of carbonyl (C=O) groups excluding carboxylic acids is 1. The summed E-state index contributed by atoms with van der Waals surface area (Å²) in [5, 5.41) is 2.91. The number of amides is 2. The molecule has 1 aliphatic heterocycles. The van der Waals surface area contributed by atoms with Gasteiger partial charge in [-0.15, -0.1) is 0 Å². The smallest absolute Gasteiger partial charge is 0.317 e. The Bertz CT molecular complexity index is 240. The summed E-state index contributed by atoms with van der Waals surface area (Å²) in [6.45, 7) is 12.7. The Hall–Kier alpha value is -0.730. The first-order valence-electron chi connectivity index (χ1n) is 5.78. The highest BCUT2D eigenvalue weighted by molar-refractivity contribution is 5.75. The molecule has 0 unspecified atom stereocenters. The van der Waals surface area contributed by atoms with Gasteiger partial charge in [-0.2, -0.15) is 0 Å². The molecule has 0 aliphatic carbocycles. The summed E-state index contributed by atoms with van der Waals surface area (Å²) in [6, 6.07) is 0.0931. The topological polar surface area (TPSA) is 32.3 Å². The fourth-order valence-corrected chi connectivity index (χ4v) is 2.60. The molecule has 15 heavy (non-hydrogen) atoms. The van der Waals surface area contributed by atoms with Crippen molar-refractivity contribution in [1.82, 2.24) is 10.2 Å². The molecular weight excluding hydrogens is 188 g/mol. The van der Waals surface area contributed by atoms with E-state index in [0.29, 0.717) is 0 Å². The fourth-order valence-electron chi connectivity index (χ4n) is 2.60. The minimum absolute atomic E-state index is 0.0528. The summed E-state index contributed by atoms with van der Waals surface area (Å²) in [4.78, 5) is 13.7. The minimum Gasteiger partial charge on any atom is -0.338 e. The van der Waals surface area contributed by atoms with Crippen LogP contribution in [0.5, 0.6) is 0 Å². The van der Waals surface area contributed by atoms with Crippen LogP contribution in [-0.2, 0) is 0 Å². The van der Waals surface area contributed by atoms with Crippen LogP contribution in [0.1, 0.15) is 47.5 Å². The van der Waals surface area contributed by atoms with Crippen LogP contribution in [0.25, 0.3) is 0 Å². The Balaban J connectivity index is 2.70. The van der Waals surface area contributed by atoms with Gasteiger partial charge in [0.1, 0.15) is 0 Å². The summed E-state index contributed by atoms with van der Waals surface area (Å²) in [7, 11) is 0. The van der Waals surface area contributed by atoms with Gasteiger partial charge in [0, 0.05) is 18.6 Å². The van der Waals surface area contributed by atoms with Gasteiger partial charge < -0.3 is 10.2 Å². The average molecular weight is 212 g/mol. The van der Waals surface area contributed by atoms with Gasteiger partial charge in [-0.05, 0) is 32.1 Å². The van der Waals surface area contributed by atoms with Gasteiger partial charge in [0.25, 0.3) is 0 Å². The molecule has 2 amide bonds. The number of rotatable bonds is 2. The van der Waals surface area contributed by atoms with Crippen molar-refractivity contribution in [3.05, 3.63) is 0 Å². The third-order valence-corrected chi connectivity index (χ3v) is 2.77. The molecule has 0 saturated carbocycles. The van der Waals surface area contributed by atoms with Crippen LogP contribution in [0, 0.1) is 5.41 Å². The van der Waals surface area contributed by atoms with Gasteiger partial charge in [-0.25, -0.2) is 4.79 Å². The monoisotopic (exact) mass is 212 g/mol. The molecule has 0 radical (unpaired) electrons. The van der Waals surface area contributed by atoms with Crippen LogP contribution in [0.3, 0.4) is 0 Å². The third kappa shape index (κ3) is 3.40. The largest absolute Gasteiger partial charge is 0.338 e. The lowest BCUT2D eigenvalue weighted by molar-refractivity contribution is 0.0899. The molecule has 88 valence electrons. The van der Waals surface area contributed by atoms with Crippen molar-refractivity contribution in [3.63, 3.8) is 0 Å². The molecule has 1 N–H and O–H groups in total. The standard InChI is InChI=1S/C12H24N2O/c1-11(2,3)9-12(4,5)14-8-6-7-13-10(14)15/h6-9H2,1-5H3,(H,13,15). The van der Waals surface area contributed by atoms with E-state index in [0.717, 1.165) is 25.9 Å². The average Bonchev–Trinajstić information content (AvgIpc) is 1.99. The molecule has 0 aromatic carbocycles. The number of urea groups is 1. The fraction of sp³-hybridized carbons (Fsp3) is 0.917. The van der Waals surface area contributed by atoms with E-state index in [2.05, 4.69) is 39.9 Å². The number of nitrogens with zero attached hydrogens (tertiary/aromatic N) is 1. The molecule has 0 aromatic rings. The van der Waals surface area contributed by atoms with E-state index in [1.807, 2.05) is 4.90 Å². The zero-order valence-electron chi connectivity index (χ0n) is 10.7. The second-order valence-electron chi connectivity index (χ2n) is 6.29. The first-order chi connectivity index (χ1) is 6.72. The molecule has 0 atom stereocenters. The molecule has 1 saturated heterocycles. The van der Waals surface area contributed by atoms with Crippen LogP contribution in [0.4, 0.5) is 4.79 Å². The highest BCUT2D eigenvalue weighted by Crippen LogP contribution is 2.31. The van der Waals surface area contributed by atoms with Gasteiger partial charge in [0.15, 0.2) is 0 Å². The van der Waals surface area contributed by atoms with Crippen molar-refractivity contribution in [2.45, 2.75) is 53.0 Å². The van der Waals surface area contributed by atoms with Crippen molar-refractivity contribution in [3.8, 4) is 0 Å². The van der Waals surface area contributed by atoms with Crippen molar-refractivity contribution >= 4 is 6.03 Å². The number of nitrogens with one attached hydrogen (secondary N) is 1. The normalized spacial score (nSPS) is 19.0. The van der Waals surface area contributed by atoms with Gasteiger partial charge >= 0.3 is 6.03 Å². The third-order valence-electron chi connectivity index (χ3n) is 2.77. The molecule has 1 rings (SSSR count). The van der Waals surface area contributed by atoms with Gasteiger partial charge in [0.05, 0.1) is 0 Å². The van der Waals surface area contributed by atoms with Crippen molar-refractivity contribution in [1.29, 1.82) is 0 Å². The summed E-state index contributed by atoms with van der Waals surface area (Å²) in [5.41, 5.74) is 0.198. The first-order valence-corrected chi connectivity index (χ1v) is 5.78. The zero-order chi connectivity index (χ0) is 11.7. The summed E-state index contributed by atoms with van der Waals surface area (Å²) in [5.74, 6) is 0. The lowest BCUT2D eigenvalue weighted by Crippen LogP contribution is -2.56. The number of hydrogen-bond acceptors (Lipinski definition) is 1. The maximum atomic E-state index is 11.7. The van der Waals surface area contributed by atoms with Gasteiger partial charge in [-0.1, -0.05) is 20.8 Å². The lowest BCUT2D eigenvalue weighted by Gasteiger charge is -2.44. The molecular formula is C12H24N2O. The summed E-state index contributed by atoms with van der Waals surface area (Å²) >= 11 is 0. The Morgan fingerprint density at radius 3 is 2.33 bits per heavy atom. The summed E-state index contributed by atoms with van der Waals surface area (Å²) < 4.78 is 0. The van der Waals surface area contributed by atoms with Crippen LogP contribution < -0.4 is 5.32 Å². The minimum atomic E-state index is -0.0528. The number of carbonyl (C=O) groups is 1. The van der Waals surface area contributed by atoms with E-state index in [9.17, 15) is 4.79 Å². The Kier molecular flexibility index (Phi) is 3.31. The van der Waals surface area contributed by atoms with E-state index in [1.54, 1.807) is 0 Å². The molecule has 3 heteroatoms. The predicted octanol–water partition coefficient (Wildman–Crippen LogP) is 2.62. The SMILES string of the molecule is CC(C)(C)CC(C)(C)N1CCCNC1=O. The van der Waals surface area contributed by atoms with Crippen LogP contribution in [-0.4, -0.2) is 29.6 Å². The molecule has 3 nitrogen and oxygen atoms in total. The molecule has 0 bridgehead atoms. The maximum absolute atomic E-state index is 11.7. The maximum Gasteiger partial charge on any atom is 0.317 e. The quantitative estimate of drug-likeness (QED) is 0.749. The first kappa shape index (κ1) is 12.3. The molecule has 1 aliphatic rings. The Labute approximate surface area is 93.2 Å². The van der Waals surface area contributed by atoms with Crippen molar-refractivity contribution in [2.24, 2.45) is 5.41 Å². The highest BCUT2D eigenvalue weighted by atomic mass is 16.2. The molecule has 1 fully saturated rings. The van der Waals surface area contributed by atoms with E-state index in [4.69, 9.17) is 0 Å². The predicted molar refractivity (Wildman–Crippen MR) is 62.9 cm³/mol. The van der Waals surface area contributed by atoms with Crippen LogP contribution in [0.2, 0.25) is 0 Å². The van der Waals surface area contributed by atoms with E-state index < -0.39 is 0 Å². The van der Waals surface area contributed by atoms with Crippen molar-refractivity contribution < 1.29 is 4.79 Å². The van der Waals surface area contributed by atoms with E-state index in [-0.39, 0.29) is 17.0 Å². The molecule has 1 heterocycles. The molecule has 0 spiro atoms. The van der Waals surface area contributed by atoms with Gasteiger partial charge in [0.2, 0.25) is 0 Å². The molecule has 0 aromatic heterocycles. The van der Waals surface area contributed by atoms with Crippen LogP contribution >= 0.6 is 0 Å². The van der Waals surface area contributed by atoms with E-state index in [1.165, 1.54) is 0 Å². The highest BCUT2D eigenvalue weighted by Gasteiger charge is 2.35. The second kappa shape index (κ2) is 4.03. The second-order valence-corrected chi connectivity index (χ2v) is 6.29. The van der Waals surface area contributed by atoms with E-state index >= 15 is 0 Å².